The van der Waals surface area contributed by atoms with Crippen LogP contribution in [0.2, 0.25) is 0 Å². The Morgan fingerprint density at radius 2 is 1.11 bits per heavy atom. The minimum absolute atomic E-state index is 0.286. The molecular weight excluding hydrogens is 240 g/mol. The molecule has 0 fully saturated rings. The van der Waals surface area contributed by atoms with Crippen molar-refractivity contribution in [3.8, 4) is 0 Å². The highest BCUT2D eigenvalue weighted by Crippen LogP contribution is 2.33. The summed E-state index contributed by atoms with van der Waals surface area (Å²) in [5.41, 5.74) is -5.30. The van der Waals surface area contributed by atoms with Gasteiger partial charge in [-0.15, -0.1) is 0 Å². The largest absolute Gasteiger partial charge is 0.479 e. The number of aliphatic hydroxyl groups is 2. The Kier molecular flexibility index (Phi) is 6.28. The summed E-state index contributed by atoms with van der Waals surface area (Å²) < 4.78 is 0. The Morgan fingerprint density at radius 1 is 0.833 bits per heavy atom. The van der Waals surface area contributed by atoms with Crippen LogP contribution in [-0.4, -0.2) is 43.6 Å². The predicted octanol–water partition coefficient (Wildman–Crippen LogP) is 0.998. The molecule has 6 heteroatoms. The fourth-order valence-electron chi connectivity index (χ4n) is 1.85. The molecule has 0 radical (unpaired) electrons. The monoisotopic (exact) mass is 262 g/mol. The molecule has 0 saturated carbocycles. The summed E-state index contributed by atoms with van der Waals surface area (Å²) in [6, 6.07) is 0. The summed E-state index contributed by atoms with van der Waals surface area (Å²) in [6.07, 6.45) is 1.27. The zero-order valence-corrected chi connectivity index (χ0v) is 10.8. The lowest BCUT2D eigenvalue weighted by Crippen LogP contribution is -2.63. The first-order valence-corrected chi connectivity index (χ1v) is 6.17. The highest BCUT2D eigenvalue weighted by molar-refractivity contribution is 5.90. The SMILES string of the molecule is CCCCC(O)(C(=O)O)C(O)(CCCC)C(=O)O. The molecule has 106 valence electrons. The van der Waals surface area contributed by atoms with Crippen molar-refractivity contribution in [2.24, 2.45) is 0 Å². The van der Waals surface area contributed by atoms with Crippen molar-refractivity contribution in [2.75, 3.05) is 0 Å². The average Bonchev–Trinajstić information content (AvgIpc) is 2.32. The second kappa shape index (κ2) is 6.70. The van der Waals surface area contributed by atoms with Gasteiger partial charge in [0.1, 0.15) is 0 Å². The van der Waals surface area contributed by atoms with Crippen molar-refractivity contribution in [2.45, 2.75) is 63.6 Å². The molecule has 0 aliphatic carbocycles. The Hall–Kier alpha value is -1.14. The molecule has 0 saturated heterocycles. The maximum atomic E-state index is 11.2. The van der Waals surface area contributed by atoms with Crippen LogP contribution >= 0.6 is 0 Å². The molecule has 0 aromatic heterocycles. The lowest BCUT2D eigenvalue weighted by Gasteiger charge is -2.37. The lowest BCUT2D eigenvalue weighted by atomic mass is 9.76. The van der Waals surface area contributed by atoms with E-state index in [0.29, 0.717) is 25.7 Å². The van der Waals surface area contributed by atoms with Crippen LogP contribution in [0.25, 0.3) is 0 Å². The van der Waals surface area contributed by atoms with Crippen LogP contribution in [-0.2, 0) is 9.59 Å². The molecule has 18 heavy (non-hydrogen) atoms. The third-order valence-corrected chi connectivity index (χ3v) is 3.18. The van der Waals surface area contributed by atoms with E-state index in [4.69, 9.17) is 10.2 Å². The summed E-state index contributed by atoms with van der Waals surface area (Å²) in [4.78, 5) is 22.3. The number of unbranched alkanes of at least 4 members (excludes halogenated alkanes) is 2. The third kappa shape index (κ3) is 3.20. The first-order valence-electron chi connectivity index (χ1n) is 6.17. The Labute approximate surface area is 106 Å². The first kappa shape index (κ1) is 16.9. The molecule has 0 bridgehead atoms. The molecular formula is C12H22O6. The van der Waals surface area contributed by atoms with E-state index in [1.54, 1.807) is 13.8 Å². The molecule has 0 heterocycles. The summed E-state index contributed by atoms with van der Waals surface area (Å²) in [5, 5.41) is 38.3. The van der Waals surface area contributed by atoms with Gasteiger partial charge in [-0.1, -0.05) is 39.5 Å². The summed E-state index contributed by atoms with van der Waals surface area (Å²) in [5.74, 6) is -3.39. The number of hydrogen-bond donors (Lipinski definition) is 4. The van der Waals surface area contributed by atoms with Gasteiger partial charge in [0.25, 0.3) is 0 Å². The first-order chi connectivity index (χ1) is 8.26. The number of rotatable bonds is 9. The number of carboxylic acids is 2. The van der Waals surface area contributed by atoms with E-state index in [2.05, 4.69) is 0 Å². The van der Waals surface area contributed by atoms with Gasteiger partial charge in [-0.2, -0.15) is 0 Å². The number of hydrogen-bond acceptors (Lipinski definition) is 4. The highest BCUT2D eigenvalue weighted by Gasteiger charge is 2.59. The van der Waals surface area contributed by atoms with Crippen molar-refractivity contribution in [1.29, 1.82) is 0 Å². The van der Waals surface area contributed by atoms with Crippen LogP contribution in [0.3, 0.4) is 0 Å². The zero-order valence-electron chi connectivity index (χ0n) is 10.8. The molecule has 2 atom stereocenters. The van der Waals surface area contributed by atoms with E-state index >= 15 is 0 Å². The van der Waals surface area contributed by atoms with Crippen LogP contribution in [0, 0.1) is 0 Å². The fraction of sp³-hybridized carbons (Fsp3) is 0.833. The van der Waals surface area contributed by atoms with Gasteiger partial charge in [-0.05, 0) is 12.8 Å². The van der Waals surface area contributed by atoms with Crippen LogP contribution in [0.5, 0.6) is 0 Å². The minimum Gasteiger partial charge on any atom is -0.479 e. The maximum Gasteiger partial charge on any atom is 0.339 e. The van der Waals surface area contributed by atoms with E-state index in [1.165, 1.54) is 0 Å². The zero-order chi connectivity index (χ0) is 14.4. The second-order valence-electron chi connectivity index (χ2n) is 4.54. The van der Waals surface area contributed by atoms with Crippen molar-refractivity contribution in [1.82, 2.24) is 0 Å². The molecule has 0 spiro atoms. The van der Waals surface area contributed by atoms with E-state index in [0.717, 1.165) is 0 Å². The van der Waals surface area contributed by atoms with E-state index in [1.807, 2.05) is 0 Å². The maximum absolute atomic E-state index is 11.2. The molecule has 2 unspecified atom stereocenters. The Balaban J connectivity index is 5.34. The summed E-state index contributed by atoms with van der Waals surface area (Å²) >= 11 is 0. The van der Waals surface area contributed by atoms with Gasteiger partial charge in [0.05, 0.1) is 0 Å². The topological polar surface area (TPSA) is 115 Å². The molecule has 0 rings (SSSR count). The molecule has 0 aromatic carbocycles. The summed E-state index contributed by atoms with van der Waals surface area (Å²) in [7, 11) is 0. The minimum atomic E-state index is -2.65. The molecule has 6 nitrogen and oxygen atoms in total. The van der Waals surface area contributed by atoms with Crippen LogP contribution in [0.4, 0.5) is 0 Å². The number of carbonyl (C=O) groups is 2. The number of carboxylic acid groups (broad SMARTS) is 2. The standard InChI is InChI=1S/C12H22O6/c1-3-5-7-11(17,9(13)14)12(18,10(15)16)8-6-4-2/h17-18H,3-8H2,1-2H3,(H,13,14)(H,15,16). The van der Waals surface area contributed by atoms with Crippen molar-refractivity contribution in [3.63, 3.8) is 0 Å². The summed E-state index contributed by atoms with van der Waals surface area (Å²) in [6.45, 7) is 3.57. The van der Waals surface area contributed by atoms with Gasteiger partial charge in [0, 0.05) is 0 Å². The van der Waals surface area contributed by atoms with E-state index < -0.39 is 23.1 Å². The van der Waals surface area contributed by atoms with Gasteiger partial charge >= 0.3 is 11.9 Å². The average molecular weight is 262 g/mol. The lowest BCUT2D eigenvalue weighted by molar-refractivity contribution is -0.210. The molecule has 0 amide bonds. The van der Waals surface area contributed by atoms with Gasteiger partial charge < -0.3 is 20.4 Å². The second-order valence-corrected chi connectivity index (χ2v) is 4.54. The quantitative estimate of drug-likeness (QED) is 0.492. The highest BCUT2D eigenvalue weighted by atomic mass is 16.5. The molecule has 0 aromatic rings. The molecule has 4 N–H and O–H groups in total. The fourth-order valence-corrected chi connectivity index (χ4v) is 1.85. The van der Waals surface area contributed by atoms with Gasteiger partial charge in [0.15, 0.2) is 0 Å². The van der Waals surface area contributed by atoms with Gasteiger partial charge in [-0.25, -0.2) is 9.59 Å². The molecule has 0 aliphatic heterocycles. The van der Waals surface area contributed by atoms with Crippen LogP contribution in [0.15, 0.2) is 0 Å². The molecule has 0 aliphatic rings. The predicted molar refractivity (Wildman–Crippen MR) is 64.2 cm³/mol. The van der Waals surface area contributed by atoms with Gasteiger partial charge in [0.2, 0.25) is 11.2 Å². The third-order valence-electron chi connectivity index (χ3n) is 3.18. The van der Waals surface area contributed by atoms with Crippen molar-refractivity contribution >= 4 is 11.9 Å². The Morgan fingerprint density at radius 3 is 1.28 bits per heavy atom. The normalized spacial score (nSPS) is 17.8. The van der Waals surface area contributed by atoms with E-state index in [9.17, 15) is 19.8 Å². The van der Waals surface area contributed by atoms with Crippen LogP contribution < -0.4 is 0 Å². The van der Waals surface area contributed by atoms with E-state index in [-0.39, 0.29) is 12.8 Å². The van der Waals surface area contributed by atoms with Crippen LogP contribution in [0.1, 0.15) is 52.4 Å². The Bertz CT molecular complexity index is 273. The smallest absolute Gasteiger partial charge is 0.339 e. The number of aliphatic carboxylic acids is 2. The van der Waals surface area contributed by atoms with Crippen molar-refractivity contribution in [3.05, 3.63) is 0 Å². The van der Waals surface area contributed by atoms with Crippen molar-refractivity contribution < 1.29 is 30.0 Å². The van der Waals surface area contributed by atoms with Gasteiger partial charge in [-0.3, -0.25) is 0 Å².